The second-order valence-electron chi connectivity index (χ2n) is 4.18. The number of aromatic nitrogens is 6. The van der Waals surface area contributed by atoms with Crippen LogP contribution in [-0.4, -0.2) is 41.2 Å². The number of hydrogen-bond donors (Lipinski definition) is 2. The third kappa shape index (κ3) is 2.94. The Morgan fingerprint density at radius 3 is 2.74 bits per heavy atom. The lowest BCUT2D eigenvalue weighted by Crippen LogP contribution is -2.45. The van der Waals surface area contributed by atoms with Crippen LogP contribution in [0.1, 0.15) is 13.8 Å². The van der Waals surface area contributed by atoms with Crippen molar-refractivity contribution in [3.63, 3.8) is 0 Å². The van der Waals surface area contributed by atoms with Crippen molar-refractivity contribution in [1.29, 1.82) is 0 Å². The molecule has 10 heteroatoms. The first kappa shape index (κ1) is 13.1. The van der Waals surface area contributed by atoms with Crippen molar-refractivity contribution < 1.29 is 4.79 Å². The Morgan fingerprint density at radius 2 is 2.16 bits per heavy atom. The summed E-state index contributed by atoms with van der Waals surface area (Å²) in [6.07, 6.45) is 2.74. The molecule has 1 amide bonds. The Kier molecular flexibility index (Phi) is 3.30. The van der Waals surface area contributed by atoms with Gasteiger partial charge in [0.05, 0.1) is 0 Å². The molecule has 3 N–H and O–H groups in total. The number of amides is 1. The Labute approximate surface area is 113 Å². The van der Waals surface area contributed by atoms with Crippen LogP contribution in [0.5, 0.6) is 0 Å². The second kappa shape index (κ2) is 4.76. The summed E-state index contributed by atoms with van der Waals surface area (Å²) in [5.74, 6) is -0.249. The molecule has 0 aliphatic carbocycles. The predicted molar refractivity (Wildman–Crippen MR) is 66.7 cm³/mol. The van der Waals surface area contributed by atoms with Gasteiger partial charge in [0.25, 0.3) is 5.95 Å². The normalized spacial score (nSPS) is 11.3. The van der Waals surface area contributed by atoms with Crippen LogP contribution in [-0.2, 0) is 4.79 Å². The van der Waals surface area contributed by atoms with Gasteiger partial charge in [0.2, 0.25) is 17.1 Å². The summed E-state index contributed by atoms with van der Waals surface area (Å²) in [6, 6.07) is 0. The van der Waals surface area contributed by atoms with Crippen LogP contribution in [0.3, 0.4) is 0 Å². The second-order valence-corrected chi connectivity index (χ2v) is 4.52. The van der Waals surface area contributed by atoms with E-state index in [1.165, 1.54) is 17.3 Å². The molecule has 9 nitrogen and oxygen atoms in total. The zero-order valence-corrected chi connectivity index (χ0v) is 11.0. The maximum absolute atomic E-state index is 11.3. The molecule has 0 aromatic carbocycles. The minimum atomic E-state index is -1.02. The summed E-state index contributed by atoms with van der Waals surface area (Å²) in [4.78, 5) is 26.9. The third-order valence-corrected chi connectivity index (χ3v) is 2.43. The Morgan fingerprint density at radius 1 is 1.42 bits per heavy atom. The van der Waals surface area contributed by atoms with Gasteiger partial charge >= 0.3 is 0 Å². The fourth-order valence-corrected chi connectivity index (χ4v) is 1.31. The molecule has 0 saturated carbocycles. The lowest BCUT2D eigenvalue weighted by atomic mass is 10.1. The average molecular weight is 283 g/mol. The van der Waals surface area contributed by atoms with Crippen molar-refractivity contribution in [3.8, 4) is 5.95 Å². The quantitative estimate of drug-likeness (QED) is 0.794. The summed E-state index contributed by atoms with van der Waals surface area (Å²) in [6.45, 7) is 3.20. The molecule has 0 aliphatic rings. The van der Waals surface area contributed by atoms with Crippen LogP contribution < -0.4 is 11.1 Å². The van der Waals surface area contributed by atoms with Crippen LogP contribution in [0.25, 0.3) is 5.95 Å². The number of halogens is 1. The van der Waals surface area contributed by atoms with Gasteiger partial charge in [0, 0.05) is 0 Å². The van der Waals surface area contributed by atoms with Gasteiger partial charge in [-0.3, -0.25) is 4.79 Å². The molecule has 0 fully saturated rings. The molecule has 0 spiro atoms. The van der Waals surface area contributed by atoms with Gasteiger partial charge < -0.3 is 11.1 Å². The van der Waals surface area contributed by atoms with Gasteiger partial charge in [-0.25, -0.2) is 4.98 Å². The lowest BCUT2D eigenvalue weighted by Gasteiger charge is -2.22. The number of nitrogens with one attached hydrogen (secondary N) is 1. The van der Waals surface area contributed by atoms with Gasteiger partial charge in [-0.1, -0.05) is 0 Å². The Balaban J connectivity index is 2.35. The standard InChI is InChI=1S/C9H11ClN8O/c1-9(2,5(11)19)17-7-14-6(10)15-8(16-7)18-4-12-3-13-18/h3-4H,1-2H3,(H2,11,19)(H,14,15,16,17). The highest BCUT2D eigenvalue weighted by Gasteiger charge is 2.26. The summed E-state index contributed by atoms with van der Waals surface area (Å²) in [7, 11) is 0. The first-order valence-electron chi connectivity index (χ1n) is 5.23. The van der Waals surface area contributed by atoms with Crippen molar-refractivity contribution in [2.75, 3.05) is 5.32 Å². The van der Waals surface area contributed by atoms with Gasteiger partial charge in [-0.15, -0.1) is 0 Å². The number of primary amides is 1. The number of rotatable bonds is 4. The largest absolute Gasteiger partial charge is 0.368 e. The summed E-state index contributed by atoms with van der Waals surface area (Å²) < 4.78 is 1.32. The highest BCUT2D eigenvalue weighted by molar-refractivity contribution is 6.28. The minimum absolute atomic E-state index is 0.0386. The highest BCUT2D eigenvalue weighted by atomic mass is 35.5. The number of hydrogen-bond acceptors (Lipinski definition) is 7. The smallest absolute Gasteiger partial charge is 0.258 e. The van der Waals surface area contributed by atoms with E-state index in [0.29, 0.717) is 0 Å². The molecule has 19 heavy (non-hydrogen) atoms. The van der Waals surface area contributed by atoms with Gasteiger partial charge in [0.15, 0.2) is 0 Å². The molecule has 0 aliphatic heterocycles. The molecule has 100 valence electrons. The molecular weight excluding hydrogens is 272 g/mol. The topological polar surface area (TPSA) is 124 Å². The maximum Gasteiger partial charge on any atom is 0.258 e. The Hall–Kier alpha value is -2.29. The summed E-state index contributed by atoms with van der Waals surface area (Å²) in [5.41, 5.74) is 4.23. The molecule has 2 aromatic rings. The van der Waals surface area contributed by atoms with Crippen molar-refractivity contribution >= 4 is 23.5 Å². The number of carbonyl (C=O) groups is 1. The van der Waals surface area contributed by atoms with Crippen LogP contribution in [0.4, 0.5) is 5.95 Å². The van der Waals surface area contributed by atoms with Crippen LogP contribution in [0, 0.1) is 0 Å². The molecule has 0 bridgehead atoms. The van der Waals surface area contributed by atoms with E-state index in [2.05, 4.69) is 30.4 Å². The molecule has 2 heterocycles. The number of anilines is 1. The molecule has 0 saturated heterocycles. The van der Waals surface area contributed by atoms with Crippen LogP contribution in [0.2, 0.25) is 5.28 Å². The highest BCUT2D eigenvalue weighted by Crippen LogP contribution is 2.13. The van der Waals surface area contributed by atoms with E-state index in [1.807, 2.05) is 0 Å². The van der Waals surface area contributed by atoms with E-state index in [9.17, 15) is 4.79 Å². The van der Waals surface area contributed by atoms with E-state index in [4.69, 9.17) is 17.3 Å². The van der Waals surface area contributed by atoms with E-state index in [1.54, 1.807) is 13.8 Å². The average Bonchev–Trinajstić information content (AvgIpc) is 2.80. The minimum Gasteiger partial charge on any atom is -0.368 e. The summed E-state index contributed by atoms with van der Waals surface area (Å²) >= 11 is 5.80. The van der Waals surface area contributed by atoms with Gasteiger partial charge in [-0.2, -0.15) is 24.7 Å². The molecule has 2 rings (SSSR count). The molecular formula is C9H11ClN8O. The zero-order chi connectivity index (χ0) is 14.0. The molecule has 2 aromatic heterocycles. The van der Waals surface area contributed by atoms with Crippen molar-refractivity contribution in [2.24, 2.45) is 5.73 Å². The summed E-state index contributed by atoms with van der Waals surface area (Å²) in [5, 5.41) is 6.61. The molecule has 0 atom stereocenters. The predicted octanol–water partition coefficient (Wildman–Crippen LogP) is -0.219. The van der Waals surface area contributed by atoms with Crippen molar-refractivity contribution in [3.05, 3.63) is 17.9 Å². The third-order valence-electron chi connectivity index (χ3n) is 2.26. The number of carbonyl (C=O) groups excluding carboxylic acids is 1. The number of nitrogens with zero attached hydrogens (tertiary/aromatic N) is 6. The zero-order valence-electron chi connectivity index (χ0n) is 10.2. The van der Waals surface area contributed by atoms with Gasteiger partial charge in [-0.05, 0) is 25.4 Å². The van der Waals surface area contributed by atoms with Crippen molar-refractivity contribution in [1.82, 2.24) is 29.7 Å². The van der Waals surface area contributed by atoms with Crippen LogP contribution >= 0.6 is 11.6 Å². The maximum atomic E-state index is 11.3. The number of nitrogens with two attached hydrogens (primary N) is 1. The van der Waals surface area contributed by atoms with E-state index in [-0.39, 0.29) is 17.2 Å². The van der Waals surface area contributed by atoms with Gasteiger partial charge in [0.1, 0.15) is 18.2 Å². The molecule has 0 radical (unpaired) electrons. The fraction of sp³-hybridized carbons (Fsp3) is 0.333. The fourth-order valence-electron chi connectivity index (χ4n) is 1.15. The monoisotopic (exact) mass is 282 g/mol. The lowest BCUT2D eigenvalue weighted by molar-refractivity contribution is -0.121. The van der Waals surface area contributed by atoms with E-state index >= 15 is 0 Å². The first-order chi connectivity index (χ1) is 8.88. The van der Waals surface area contributed by atoms with Crippen molar-refractivity contribution in [2.45, 2.75) is 19.4 Å². The first-order valence-corrected chi connectivity index (χ1v) is 5.61. The van der Waals surface area contributed by atoms with E-state index in [0.717, 1.165) is 0 Å². The SMILES string of the molecule is CC(C)(Nc1nc(Cl)nc(-n2cncn2)n1)C(N)=O. The van der Waals surface area contributed by atoms with Crippen LogP contribution in [0.15, 0.2) is 12.7 Å². The molecule has 0 unspecified atom stereocenters. The van der Waals surface area contributed by atoms with E-state index < -0.39 is 11.4 Å². The Bertz CT molecular complexity index is 596.